The highest BCUT2D eigenvalue weighted by Gasteiger charge is 2.29. The summed E-state index contributed by atoms with van der Waals surface area (Å²) in [6, 6.07) is 0. The van der Waals surface area contributed by atoms with Crippen molar-refractivity contribution < 1.29 is 34.8 Å². The Hall–Kier alpha value is -1.67. The maximum absolute atomic E-state index is 10.7. The summed E-state index contributed by atoms with van der Waals surface area (Å²) in [7, 11) is 0. The van der Waals surface area contributed by atoms with Gasteiger partial charge in [0.05, 0.1) is 0 Å². The number of likely N-dealkylation sites (tertiary alicyclic amines) is 1. The number of hydrogen-bond acceptors (Lipinski definition) is 5. The number of nitrogens with zero attached hydrogens (tertiary/aromatic N) is 1. The summed E-state index contributed by atoms with van der Waals surface area (Å²) in [6.07, 6.45) is -0.849. The van der Waals surface area contributed by atoms with Gasteiger partial charge in [-0.25, -0.2) is 9.59 Å². The molecule has 0 aromatic carbocycles. The van der Waals surface area contributed by atoms with Crippen molar-refractivity contribution in [2.45, 2.75) is 38.4 Å². The van der Waals surface area contributed by atoms with Crippen LogP contribution in [0.5, 0.6) is 0 Å². The summed E-state index contributed by atoms with van der Waals surface area (Å²) in [5.41, 5.74) is 0. The normalized spacial score (nSPS) is 17.7. The lowest BCUT2D eigenvalue weighted by molar-refractivity contribution is -0.165. The minimum Gasteiger partial charge on any atom is -0.479 e. The van der Waals surface area contributed by atoms with Crippen molar-refractivity contribution in [3.05, 3.63) is 0 Å². The van der Waals surface area contributed by atoms with Crippen LogP contribution in [0.15, 0.2) is 0 Å². The van der Waals surface area contributed by atoms with Crippen molar-refractivity contribution in [3.63, 3.8) is 0 Å². The number of aliphatic hydroxyl groups excluding tert-OH is 2. The van der Waals surface area contributed by atoms with Crippen molar-refractivity contribution in [1.29, 1.82) is 0 Å². The first-order chi connectivity index (χ1) is 8.77. The van der Waals surface area contributed by atoms with Gasteiger partial charge in [-0.15, -0.1) is 0 Å². The van der Waals surface area contributed by atoms with E-state index in [0.29, 0.717) is 0 Å². The average Bonchev–Trinajstić information content (AvgIpc) is 2.38. The second kappa shape index (κ2) is 8.44. The van der Waals surface area contributed by atoms with Crippen LogP contribution in [-0.4, -0.2) is 68.5 Å². The lowest BCUT2D eigenvalue weighted by Gasteiger charge is -2.24. The molecule has 0 radical (unpaired) electrons. The number of carboxylic acid groups (broad SMARTS) is 2. The molecule has 1 saturated heterocycles. The zero-order valence-corrected chi connectivity index (χ0v) is 10.7. The van der Waals surface area contributed by atoms with E-state index >= 15 is 0 Å². The van der Waals surface area contributed by atoms with Gasteiger partial charge in [0.2, 0.25) is 5.91 Å². The van der Waals surface area contributed by atoms with Crippen LogP contribution in [0.2, 0.25) is 0 Å². The van der Waals surface area contributed by atoms with E-state index < -0.39 is 24.1 Å². The van der Waals surface area contributed by atoms with Crippen LogP contribution < -0.4 is 0 Å². The van der Waals surface area contributed by atoms with Gasteiger partial charge in [-0.1, -0.05) is 0 Å². The minimum atomic E-state index is -2.27. The Bertz CT molecular complexity index is 307. The van der Waals surface area contributed by atoms with Crippen LogP contribution in [-0.2, 0) is 14.4 Å². The van der Waals surface area contributed by atoms with Gasteiger partial charge in [0.1, 0.15) is 0 Å². The Morgan fingerprint density at radius 1 is 0.895 bits per heavy atom. The molecule has 0 spiro atoms. The summed E-state index contributed by atoms with van der Waals surface area (Å²) in [5, 5.41) is 32.5. The lowest BCUT2D eigenvalue weighted by Crippen LogP contribution is -2.39. The molecule has 0 aliphatic carbocycles. The number of carbonyl (C=O) groups excluding carboxylic acids is 1. The molecular weight excluding hydrogens is 258 g/mol. The van der Waals surface area contributed by atoms with Crippen LogP contribution in [0.4, 0.5) is 0 Å². The molecule has 0 aromatic heterocycles. The highest BCUT2D eigenvalue weighted by Crippen LogP contribution is 2.07. The van der Waals surface area contributed by atoms with Crippen LogP contribution >= 0.6 is 0 Å². The minimum absolute atomic E-state index is 0.231. The molecule has 1 aliphatic heterocycles. The third-order valence-corrected chi connectivity index (χ3v) is 2.61. The van der Waals surface area contributed by atoms with E-state index in [4.69, 9.17) is 20.4 Å². The fraction of sp³-hybridized carbons (Fsp3) is 0.727. The number of amides is 1. The summed E-state index contributed by atoms with van der Waals surface area (Å²) in [4.78, 5) is 32.2. The predicted octanol–water partition coefficient (Wildman–Crippen LogP) is -1.10. The average molecular weight is 277 g/mol. The van der Waals surface area contributed by atoms with Gasteiger partial charge in [-0.05, 0) is 19.3 Å². The van der Waals surface area contributed by atoms with Crippen LogP contribution in [0.1, 0.15) is 26.2 Å². The summed E-state index contributed by atoms with van der Waals surface area (Å²) in [6.45, 7) is 3.61. The Labute approximate surface area is 110 Å². The van der Waals surface area contributed by atoms with Gasteiger partial charge >= 0.3 is 11.9 Å². The topological polar surface area (TPSA) is 135 Å². The third-order valence-electron chi connectivity index (χ3n) is 2.61. The van der Waals surface area contributed by atoms with Crippen molar-refractivity contribution >= 4 is 17.8 Å². The Balaban J connectivity index is 0.000000342. The van der Waals surface area contributed by atoms with Gasteiger partial charge in [0.25, 0.3) is 0 Å². The van der Waals surface area contributed by atoms with Gasteiger partial charge in [-0.2, -0.15) is 0 Å². The highest BCUT2D eigenvalue weighted by molar-refractivity contribution is 5.83. The summed E-state index contributed by atoms with van der Waals surface area (Å²) >= 11 is 0. The van der Waals surface area contributed by atoms with Crippen molar-refractivity contribution in [1.82, 2.24) is 4.90 Å². The number of aliphatic carboxylic acids is 2. The molecule has 19 heavy (non-hydrogen) atoms. The number of carboxylic acids is 2. The van der Waals surface area contributed by atoms with Gasteiger partial charge in [0.15, 0.2) is 12.2 Å². The molecule has 2 atom stereocenters. The van der Waals surface area contributed by atoms with E-state index in [0.717, 1.165) is 13.1 Å². The molecule has 2 unspecified atom stereocenters. The van der Waals surface area contributed by atoms with Crippen molar-refractivity contribution in [2.75, 3.05) is 13.1 Å². The van der Waals surface area contributed by atoms with E-state index in [9.17, 15) is 14.4 Å². The molecule has 1 heterocycles. The Morgan fingerprint density at radius 2 is 1.26 bits per heavy atom. The molecule has 8 nitrogen and oxygen atoms in total. The molecule has 0 saturated carbocycles. The fourth-order valence-corrected chi connectivity index (χ4v) is 1.48. The van der Waals surface area contributed by atoms with E-state index in [2.05, 4.69) is 0 Å². The largest absolute Gasteiger partial charge is 0.479 e. The molecule has 1 fully saturated rings. The van der Waals surface area contributed by atoms with Crippen molar-refractivity contribution in [3.8, 4) is 0 Å². The van der Waals surface area contributed by atoms with Gasteiger partial charge in [-0.3, -0.25) is 4.79 Å². The number of rotatable bonds is 3. The lowest BCUT2D eigenvalue weighted by atomic mass is 10.1. The van der Waals surface area contributed by atoms with Gasteiger partial charge in [0, 0.05) is 20.0 Å². The second-order valence-electron chi connectivity index (χ2n) is 4.13. The smallest absolute Gasteiger partial charge is 0.335 e. The molecule has 1 amide bonds. The number of aliphatic hydroxyl groups is 2. The maximum Gasteiger partial charge on any atom is 0.335 e. The Kier molecular flexibility index (Phi) is 7.69. The van der Waals surface area contributed by atoms with Crippen LogP contribution in [0.3, 0.4) is 0 Å². The maximum atomic E-state index is 10.7. The van der Waals surface area contributed by atoms with E-state index in [1.807, 2.05) is 4.90 Å². The molecule has 0 aromatic rings. The fourth-order valence-electron chi connectivity index (χ4n) is 1.48. The third kappa shape index (κ3) is 6.73. The van der Waals surface area contributed by atoms with Gasteiger partial charge < -0.3 is 25.3 Å². The SMILES string of the molecule is CC(=O)N1CCCCC1.O=C(O)C(O)C(O)C(=O)O. The quantitative estimate of drug-likeness (QED) is 0.514. The highest BCUT2D eigenvalue weighted by atomic mass is 16.4. The summed E-state index contributed by atoms with van der Waals surface area (Å²) in [5.74, 6) is -3.31. The van der Waals surface area contributed by atoms with Crippen LogP contribution in [0, 0.1) is 0 Å². The monoisotopic (exact) mass is 277 g/mol. The number of piperidine rings is 1. The molecule has 0 bridgehead atoms. The Morgan fingerprint density at radius 3 is 1.47 bits per heavy atom. The molecule has 110 valence electrons. The molecule has 8 heteroatoms. The molecular formula is C11H19NO7. The van der Waals surface area contributed by atoms with Crippen LogP contribution in [0.25, 0.3) is 0 Å². The van der Waals surface area contributed by atoms with Crippen molar-refractivity contribution in [2.24, 2.45) is 0 Å². The molecule has 4 N–H and O–H groups in total. The van der Waals surface area contributed by atoms with E-state index in [1.54, 1.807) is 6.92 Å². The zero-order valence-electron chi connectivity index (χ0n) is 10.7. The first-order valence-electron chi connectivity index (χ1n) is 5.84. The second-order valence-corrected chi connectivity index (χ2v) is 4.13. The first-order valence-corrected chi connectivity index (χ1v) is 5.84. The van der Waals surface area contributed by atoms with E-state index in [1.165, 1.54) is 19.3 Å². The summed E-state index contributed by atoms with van der Waals surface area (Å²) < 4.78 is 0. The molecule has 1 rings (SSSR count). The number of carbonyl (C=O) groups is 3. The first kappa shape index (κ1) is 17.3. The number of hydrogen-bond donors (Lipinski definition) is 4. The predicted molar refractivity (Wildman–Crippen MR) is 63.4 cm³/mol. The standard InChI is InChI=1S/C7H13NO.C4H6O6/c1-7(9)8-5-3-2-4-6-8;5-1(3(7)8)2(6)4(9)10/h2-6H2,1H3;1-2,5-6H,(H,7,8)(H,9,10). The van der Waals surface area contributed by atoms with E-state index in [-0.39, 0.29) is 5.91 Å². The zero-order chi connectivity index (χ0) is 15.0. The molecule has 1 aliphatic rings.